The van der Waals surface area contributed by atoms with Crippen molar-refractivity contribution in [1.82, 2.24) is 0 Å². The van der Waals surface area contributed by atoms with Gasteiger partial charge in [0.15, 0.2) is 0 Å². The molecule has 1 aliphatic carbocycles. The van der Waals surface area contributed by atoms with Gasteiger partial charge in [-0.2, -0.15) is 0 Å². The Morgan fingerprint density at radius 1 is 1.15 bits per heavy atom. The number of benzene rings is 1. The molecule has 1 heterocycles. The van der Waals surface area contributed by atoms with Crippen molar-refractivity contribution in [1.29, 1.82) is 0 Å². The number of anilines is 1. The predicted octanol–water partition coefficient (Wildman–Crippen LogP) is 4.66. The number of ether oxygens (including phenoxy) is 1. The van der Waals surface area contributed by atoms with E-state index in [1.165, 1.54) is 47.3 Å². The van der Waals surface area contributed by atoms with Crippen LogP contribution in [0, 0.1) is 0 Å². The smallest absolute Gasteiger partial charge is 0.119 e. The molecule has 0 radical (unpaired) electrons. The Hall–Kier alpha value is -1.48. The Balaban J connectivity index is 1.91. The van der Waals surface area contributed by atoms with Crippen LogP contribution in [-0.2, 0) is 12.8 Å². The highest BCUT2D eigenvalue weighted by molar-refractivity contribution is 7.16. The summed E-state index contributed by atoms with van der Waals surface area (Å²) in [5, 5.41) is 0.971. The van der Waals surface area contributed by atoms with E-state index in [0.717, 1.165) is 23.8 Å². The second-order valence-corrected chi connectivity index (χ2v) is 6.46. The Morgan fingerprint density at radius 3 is 2.65 bits per heavy atom. The summed E-state index contributed by atoms with van der Waals surface area (Å²) in [4.78, 5) is 1.50. The first kappa shape index (κ1) is 13.5. The van der Waals surface area contributed by atoms with Crippen molar-refractivity contribution in [2.45, 2.75) is 39.0 Å². The lowest BCUT2D eigenvalue weighted by Crippen LogP contribution is -2.00. The third-order valence-electron chi connectivity index (χ3n) is 3.81. The topological polar surface area (TPSA) is 35.2 Å². The van der Waals surface area contributed by atoms with Gasteiger partial charge in [0.25, 0.3) is 0 Å². The summed E-state index contributed by atoms with van der Waals surface area (Å²) < 4.78 is 5.64. The summed E-state index contributed by atoms with van der Waals surface area (Å²) in [6, 6.07) is 8.38. The first-order valence-corrected chi connectivity index (χ1v) is 8.24. The number of rotatable bonds is 4. The third kappa shape index (κ3) is 2.55. The molecule has 106 valence electrons. The lowest BCUT2D eigenvalue weighted by atomic mass is 9.92. The number of thiophene rings is 1. The minimum atomic E-state index is 0.773. The lowest BCUT2D eigenvalue weighted by Gasteiger charge is -2.13. The molecule has 0 atom stereocenters. The number of nitrogen functional groups attached to an aromatic ring is 1. The van der Waals surface area contributed by atoms with Crippen LogP contribution in [0.5, 0.6) is 5.75 Å². The van der Waals surface area contributed by atoms with Crippen molar-refractivity contribution < 1.29 is 4.74 Å². The van der Waals surface area contributed by atoms with Crippen LogP contribution in [0.4, 0.5) is 5.00 Å². The SMILES string of the molecule is CCCOc1ccc(-c2c(N)sc3c2CCCC3)cc1. The molecule has 0 bridgehead atoms. The number of fused-ring (bicyclic) bond motifs is 1. The molecule has 0 spiro atoms. The van der Waals surface area contributed by atoms with Crippen LogP contribution in [0.15, 0.2) is 24.3 Å². The molecule has 0 saturated heterocycles. The summed E-state index contributed by atoms with van der Waals surface area (Å²) in [6.45, 7) is 2.89. The van der Waals surface area contributed by atoms with Crippen molar-refractivity contribution >= 4 is 16.3 Å². The van der Waals surface area contributed by atoms with Crippen LogP contribution >= 0.6 is 11.3 Å². The number of nitrogens with two attached hydrogens (primary N) is 1. The molecule has 0 saturated carbocycles. The highest BCUT2D eigenvalue weighted by atomic mass is 32.1. The zero-order chi connectivity index (χ0) is 13.9. The van der Waals surface area contributed by atoms with E-state index >= 15 is 0 Å². The van der Waals surface area contributed by atoms with Gasteiger partial charge >= 0.3 is 0 Å². The van der Waals surface area contributed by atoms with E-state index < -0.39 is 0 Å². The van der Waals surface area contributed by atoms with Gasteiger partial charge in [-0.05, 0) is 55.4 Å². The van der Waals surface area contributed by atoms with Gasteiger partial charge in [0, 0.05) is 10.4 Å². The van der Waals surface area contributed by atoms with Crippen molar-refractivity contribution in [3.63, 3.8) is 0 Å². The van der Waals surface area contributed by atoms with Gasteiger partial charge in [0.2, 0.25) is 0 Å². The van der Waals surface area contributed by atoms with E-state index in [4.69, 9.17) is 10.5 Å². The van der Waals surface area contributed by atoms with Gasteiger partial charge in [-0.3, -0.25) is 0 Å². The Kier molecular flexibility index (Phi) is 3.97. The van der Waals surface area contributed by atoms with Gasteiger partial charge in [-0.25, -0.2) is 0 Å². The molecule has 0 fully saturated rings. The first-order valence-electron chi connectivity index (χ1n) is 7.43. The normalized spacial score (nSPS) is 14.1. The van der Waals surface area contributed by atoms with Crippen LogP contribution in [0.1, 0.15) is 36.6 Å². The van der Waals surface area contributed by atoms with Crippen molar-refractivity contribution in [3.8, 4) is 16.9 Å². The monoisotopic (exact) mass is 287 g/mol. The average molecular weight is 287 g/mol. The zero-order valence-electron chi connectivity index (χ0n) is 11.9. The molecule has 1 aliphatic rings. The van der Waals surface area contributed by atoms with Crippen molar-refractivity contribution in [3.05, 3.63) is 34.7 Å². The van der Waals surface area contributed by atoms with E-state index in [1.807, 2.05) is 0 Å². The number of aryl methyl sites for hydroxylation is 1. The fourth-order valence-corrected chi connectivity index (χ4v) is 4.02. The van der Waals surface area contributed by atoms with E-state index in [2.05, 4.69) is 31.2 Å². The minimum Gasteiger partial charge on any atom is -0.494 e. The van der Waals surface area contributed by atoms with Crippen LogP contribution in [0.3, 0.4) is 0 Å². The summed E-state index contributed by atoms with van der Waals surface area (Å²) in [6.07, 6.45) is 5.99. The molecule has 1 aromatic carbocycles. The molecule has 3 heteroatoms. The molecule has 3 rings (SSSR count). The fraction of sp³-hybridized carbons (Fsp3) is 0.412. The van der Waals surface area contributed by atoms with E-state index in [0.29, 0.717) is 0 Å². The molecule has 2 nitrogen and oxygen atoms in total. The Bertz CT molecular complexity index is 586. The maximum Gasteiger partial charge on any atom is 0.119 e. The van der Waals surface area contributed by atoms with Gasteiger partial charge in [0.05, 0.1) is 11.6 Å². The highest BCUT2D eigenvalue weighted by Crippen LogP contribution is 2.42. The molecule has 0 unspecified atom stereocenters. The molecule has 1 aromatic heterocycles. The summed E-state index contributed by atoms with van der Waals surface area (Å²) in [7, 11) is 0. The zero-order valence-corrected chi connectivity index (χ0v) is 12.8. The molecular weight excluding hydrogens is 266 g/mol. The molecule has 20 heavy (non-hydrogen) atoms. The summed E-state index contributed by atoms with van der Waals surface area (Å²) in [5.74, 6) is 0.943. The van der Waals surface area contributed by atoms with Crippen LogP contribution in [-0.4, -0.2) is 6.61 Å². The molecule has 0 aliphatic heterocycles. The van der Waals surface area contributed by atoms with Gasteiger partial charge in [-0.1, -0.05) is 19.1 Å². The van der Waals surface area contributed by atoms with Gasteiger partial charge < -0.3 is 10.5 Å². The van der Waals surface area contributed by atoms with Crippen molar-refractivity contribution in [2.24, 2.45) is 0 Å². The standard InChI is InChI=1S/C17H21NOS/c1-2-11-19-13-9-7-12(8-10-13)16-14-5-3-4-6-15(14)20-17(16)18/h7-10H,2-6,11,18H2,1H3. The minimum absolute atomic E-state index is 0.773. The second-order valence-electron chi connectivity index (χ2n) is 5.32. The van der Waals surface area contributed by atoms with Crippen LogP contribution in [0.2, 0.25) is 0 Å². The van der Waals surface area contributed by atoms with Crippen LogP contribution < -0.4 is 10.5 Å². The summed E-state index contributed by atoms with van der Waals surface area (Å²) >= 11 is 1.78. The van der Waals surface area contributed by atoms with Crippen LogP contribution in [0.25, 0.3) is 11.1 Å². The quantitative estimate of drug-likeness (QED) is 0.887. The number of hydrogen-bond donors (Lipinski definition) is 1. The Labute approximate surface area is 124 Å². The lowest BCUT2D eigenvalue weighted by molar-refractivity contribution is 0.317. The van der Waals surface area contributed by atoms with E-state index in [9.17, 15) is 0 Å². The maximum absolute atomic E-state index is 6.26. The van der Waals surface area contributed by atoms with Gasteiger partial charge in [0.1, 0.15) is 5.75 Å². The number of hydrogen-bond acceptors (Lipinski definition) is 3. The third-order valence-corrected chi connectivity index (χ3v) is 4.94. The van der Waals surface area contributed by atoms with E-state index in [-0.39, 0.29) is 0 Å². The first-order chi connectivity index (χ1) is 9.79. The highest BCUT2D eigenvalue weighted by Gasteiger charge is 2.20. The largest absolute Gasteiger partial charge is 0.494 e. The fourth-order valence-electron chi connectivity index (χ4n) is 2.84. The molecule has 0 amide bonds. The average Bonchev–Trinajstić information content (AvgIpc) is 2.81. The molecule has 2 N–H and O–H groups in total. The van der Waals surface area contributed by atoms with E-state index in [1.54, 1.807) is 11.3 Å². The van der Waals surface area contributed by atoms with Crippen molar-refractivity contribution in [2.75, 3.05) is 12.3 Å². The maximum atomic E-state index is 6.26. The Morgan fingerprint density at radius 2 is 1.90 bits per heavy atom. The predicted molar refractivity (Wildman–Crippen MR) is 86.6 cm³/mol. The molecule has 2 aromatic rings. The molecular formula is C17H21NOS. The second kappa shape index (κ2) is 5.88. The summed E-state index contributed by atoms with van der Waals surface area (Å²) in [5.41, 5.74) is 10.2. The van der Waals surface area contributed by atoms with Gasteiger partial charge in [-0.15, -0.1) is 11.3 Å².